The lowest BCUT2D eigenvalue weighted by atomic mass is 9.89. The summed E-state index contributed by atoms with van der Waals surface area (Å²) in [5, 5.41) is 3.24. The van der Waals surface area contributed by atoms with Gasteiger partial charge in [0.15, 0.2) is 0 Å². The predicted molar refractivity (Wildman–Crippen MR) is 67.2 cm³/mol. The number of carbonyl (C=O) groups excluding carboxylic acids is 1. The van der Waals surface area contributed by atoms with Crippen molar-refractivity contribution in [2.24, 2.45) is 23.5 Å². The van der Waals surface area contributed by atoms with E-state index in [4.69, 9.17) is 5.73 Å². The fourth-order valence-electron chi connectivity index (χ4n) is 3.65. The SMILES string of the molecule is N[C@H]1CC[C@H](NC(=O)C2C[C@@H]3C=C[C@H]2C3)CC1. The molecule has 0 saturated heterocycles. The number of fused-ring (bicyclic) bond motifs is 2. The molecule has 2 fully saturated rings. The predicted octanol–water partition coefficient (Wildman–Crippen LogP) is 1.58. The first-order chi connectivity index (χ1) is 8.22. The fraction of sp³-hybridized carbons (Fsp3) is 0.786. The highest BCUT2D eigenvalue weighted by molar-refractivity contribution is 5.80. The molecule has 3 N–H and O–H groups in total. The van der Waals surface area contributed by atoms with E-state index in [1.807, 2.05) is 0 Å². The zero-order chi connectivity index (χ0) is 11.8. The van der Waals surface area contributed by atoms with Gasteiger partial charge in [0.2, 0.25) is 5.91 Å². The summed E-state index contributed by atoms with van der Waals surface area (Å²) in [6.07, 6.45) is 11.0. The first-order valence-electron chi connectivity index (χ1n) is 6.96. The van der Waals surface area contributed by atoms with E-state index in [9.17, 15) is 4.79 Å². The molecule has 94 valence electrons. The average Bonchev–Trinajstić information content (AvgIpc) is 2.94. The van der Waals surface area contributed by atoms with Crippen molar-refractivity contribution in [2.75, 3.05) is 0 Å². The molecule has 0 heterocycles. The number of allylic oxidation sites excluding steroid dienone is 2. The topological polar surface area (TPSA) is 55.1 Å². The van der Waals surface area contributed by atoms with Gasteiger partial charge in [-0.2, -0.15) is 0 Å². The van der Waals surface area contributed by atoms with Crippen molar-refractivity contribution in [3.8, 4) is 0 Å². The minimum Gasteiger partial charge on any atom is -0.353 e. The molecule has 0 aliphatic heterocycles. The number of rotatable bonds is 2. The minimum atomic E-state index is 0.251. The minimum absolute atomic E-state index is 0.251. The molecule has 3 rings (SSSR count). The third kappa shape index (κ3) is 2.25. The van der Waals surface area contributed by atoms with Crippen LogP contribution in [0.15, 0.2) is 12.2 Å². The second-order valence-electron chi connectivity index (χ2n) is 6.01. The number of hydrogen-bond acceptors (Lipinski definition) is 2. The Balaban J connectivity index is 1.52. The summed E-state index contributed by atoms with van der Waals surface area (Å²) in [5.41, 5.74) is 5.88. The standard InChI is InChI=1S/C14H22N2O/c15-11-3-5-12(6-4-11)16-14(17)13-8-9-1-2-10(13)7-9/h1-2,9-13H,3-8,15H2,(H,16,17)/t9-,10+,11-,12-,13?/m1/s1. The molecule has 1 unspecified atom stereocenters. The molecule has 0 aromatic heterocycles. The highest BCUT2D eigenvalue weighted by atomic mass is 16.2. The molecule has 2 bridgehead atoms. The second-order valence-corrected chi connectivity index (χ2v) is 6.01. The van der Waals surface area contributed by atoms with Crippen LogP contribution in [0.1, 0.15) is 38.5 Å². The van der Waals surface area contributed by atoms with E-state index < -0.39 is 0 Å². The average molecular weight is 234 g/mol. The molecular formula is C14H22N2O. The summed E-state index contributed by atoms with van der Waals surface area (Å²) in [5.74, 6) is 1.74. The van der Waals surface area contributed by atoms with E-state index in [-0.39, 0.29) is 5.92 Å². The molecule has 1 amide bonds. The molecule has 3 aliphatic carbocycles. The van der Waals surface area contributed by atoms with Gasteiger partial charge in [-0.15, -0.1) is 0 Å². The van der Waals surface area contributed by atoms with E-state index >= 15 is 0 Å². The number of carbonyl (C=O) groups is 1. The van der Waals surface area contributed by atoms with E-state index in [0.717, 1.165) is 32.1 Å². The zero-order valence-electron chi connectivity index (χ0n) is 10.3. The number of nitrogens with one attached hydrogen (secondary N) is 1. The van der Waals surface area contributed by atoms with Crippen LogP contribution in [0.2, 0.25) is 0 Å². The van der Waals surface area contributed by atoms with Crippen LogP contribution < -0.4 is 11.1 Å². The molecule has 3 nitrogen and oxygen atoms in total. The van der Waals surface area contributed by atoms with E-state index in [0.29, 0.717) is 29.8 Å². The number of hydrogen-bond donors (Lipinski definition) is 2. The van der Waals surface area contributed by atoms with Crippen LogP contribution in [0.4, 0.5) is 0 Å². The first-order valence-corrected chi connectivity index (χ1v) is 6.96. The van der Waals surface area contributed by atoms with Gasteiger partial charge in [0.1, 0.15) is 0 Å². The summed E-state index contributed by atoms with van der Waals surface area (Å²) in [4.78, 5) is 12.2. The molecule has 2 saturated carbocycles. The lowest BCUT2D eigenvalue weighted by Gasteiger charge is -2.28. The molecule has 0 spiro atoms. The van der Waals surface area contributed by atoms with Crippen LogP contribution in [0.3, 0.4) is 0 Å². The van der Waals surface area contributed by atoms with Gasteiger partial charge in [0.05, 0.1) is 0 Å². The van der Waals surface area contributed by atoms with Crippen molar-refractivity contribution in [1.82, 2.24) is 5.32 Å². The van der Waals surface area contributed by atoms with E-state index in [1.54, 1.807) is 0 Å². The van der Waals surface area contributed by atoms with Crippen LogP contribution >= 0.6 is 0 Å². The van der Waals surface area contributed by atoms with Crippen molar-refractivity contribution >= 4 is 5.91 Å². The van der Waals surface area contributed by atoms with Gasteiger partial charge in [-0.1, -0.05) is 12.2 Å². The molecule has 0 aromatic carbocycles. The third-order valence-corrected chi connectivity index (χ3v) is 4.73. The van der Waals surface area contributed by atoms with Gasteiger partial charge >= 0.3 is 0 Å². The van der Waals surface area contributed by atoms with E-state index in [2.05, 4.69) is 17.5 Å². The van der Waals surface area contributed by atoms with E-state index in [1.165, 1.54) is 6.42 Å². The van der Waals surface area contributed by atoms with Crippen LogP contribution in [0.25, 0.3) is 0 Å². The Morgan fingerprint density at radius 1 is 1.12 bits per heavy atom. The van der Waals surface area contributed by atoms with Gasteiger partial charge in [0, 0.05) is 18.0 Å². The lowest BCUT2D eigenvalue weighted by Crippen LogP contribution is -2.43. The normalized spacial score (nSPS) is 43.9. The molecule has 3 aliphatic rings. The maximum Gasteiger partial charge on any atom is 0.223 e. The zero-order valence-corrected chi connectivity index (χ0v) is 10.3. The Kier molecular flexibility index (Phi) is 2.95. The third-order valence-electron chi connectivity index (χ3n) is 4.73. The summed E-state index contributed by atoms with van der Waals surface area (Å²) < 4.78 is 0. The molecule has 0 radical (unpaired) electrons. The molecule has 17 heavy (non-hydrogen) atoms. The van der Waals surface area contributed by atoms with Crippen molar-refractivity contribution in [2.45, 2.75) is 50.6 Å². The second kappa shape index (κ2) is 4.45. The van der Waals surface area contributed by atoms with Crippen molar-refractivity contribution in [1.29, 1.82) is 0 Å². The number of amides is 1. The molecule has 3 heteroatoms. The Labute approximate surface area is 103 Å². The van der Waals surface area contributed by atoms with Gasteiger partial charge in [-0.3, -0.25) is 4.79 Å². The van der Waals surface area contributed by atoms with Crippen LogP contribution in [0.5, 0.6) is 0 Å². The largest absolute Gasteiger partial charge is 0.353 e. The Morgan fingerprint density at radius 2 is 1.88 bits per heavy atom. The maximum atomic E-state index is 12.2. The summed E-state index contributed by atoms with van der Waals surface area (Å²) in [6.45, 7) is 0. The Morgan fingerprint density at radius 3 is 2.47 bits per heavy atom. The lowest BCUT2D eigenvalue weighted by molar-refractivity contribution is -0.126. The van der Waals surface area contributed by atoms with Crippen molar-refractivity contribution in [3.63, 3.8) is 0 Å². The van der Waals surface area contributed by atoms with Crippen LogP contribution in [-0.2, 0) is 4.79 Å². The Bertz CT molecular complexity index is 331. The number of nitrogens with two attached hydrogens (primary N) is 1. The van der Waals surface area contributed by atoms with Crippen molar-refractivity contribution < 1.29 is 4.79 Å². The van der Waals surface area contributed by atoms with Crippen molar-refractivity contribution in [3.05, 3.63) is 12.2 Å². The smallest absolute Gasteiger partial charge is 0.223 e. The maximum absolute atomic E-state index is 12.2. The molecular weight excluding hydrogens is 212 g/mol. The summed E-state index contributed by atoms with van der Waals surface area (Å²) >= 11 is 0. The van der Waals surface area contributed by atoms with Gasteiger partial charge in [0.25, 0.3) is 0 Å². The highest BCUT2D eigenvalue weighted by Gasteiger charge is 2.40. The monoisotopic (exact) mass is 234 g/mol. The molecule has 0 aromatic rings. The van der Waals surface area contributed by atoms with Gasteiger partial charge < -0.3 is 11.1 Å². The summed E-state index contributed by atoms with van der Waals surface area (Å²) in [6, 6.07) is 0.735. The fourth-order valence-corrected chi connectivity index (χ4v) is 3.65. The Hall–Kier alpha value is -0.830. The highest BCUT2D eigenvalue weighted by Crippen LogP contribution is 2.43. The quantitative estimate of drug-likeness (QED) is 0.713. The van der Waals surface area contributed by atoms with Gasteiger partial charge in [-0.25, -0.2) is 0 Å². The molecule has 3 atom stereocenters. The first kappa shape index (κ1) is 11.3. The van der Waals surface area contributed by atoms with Crippen LogP contribution in [0, 0.1) is 17.8 Å². The summed E-state index contributed by atoms with van der Waals surface area (Å²) in [7, 11) is 0. The van der Waals surface area contributed by atoms with Gasteiger partial charge in [-0.05, 0) is 50.4 Å². The van der Waals surface area contributed by atoms with Crippen LogP contribution in [-0.4, -0.2) is 18.0 Å².